The second kappa shape index (κ2) is 7.05. The molecule has 1 fully saturated rings. The fraction of sp³-hybridized carbons (Fsp3) is 0.588. The highest BCUT2D eigenvalue weighted by molar-refractivity contribution is 5.83. The molecule has 1 saturated heterocycles. The van der Waals surface area contributed by atoms with Gasteiger partial charge < -0.3 is 15.0 Å². The largest absolute Gasteiger partial charge is 0.467 e. The normalized spacial score (nSPS) is 22.0. The first-order valence-electron chi connectivity index (χ1n) is 7.71. The highest BCUT2D eigenvalue weighted by Crippen LogP contribution is 2.27. The Morgan fingerprint density at radius 2 is 2.14 bits per heavy atom. The number of likely N-dealkylation sites (tertiary alicyclic amines) is 1. The van der Waals surface area contributed by atoms with Crippen LogP contribution in [0.4, 0.5) is 0 Å². The Morgan fingerprint density at radius 3 is 2.67 bits per heavy atom. The van der Waals surface area contributed by atoms with Crippen molar-refractivity contribution in [2.45, 2.75) is 25.3 Å². The smallest absolute Gasteiger partial charge is 0.332 e. The number of nitrogens with zero attached hydrogens (tertiary/aromatic N) is 1. The third kappa shape index (κ3) is 3.27. The molecule has 1 aliphatic heterocycles. The van der Waals surface area contributed by atoms with Crippen LogP contribution in [0, 0.1) is 5.92 Å². The Balaban J connectivity index is 2.26. The average Bonchev–Trinajstić information content (AvgIpc) is 3.00. The molecule has 1 aliphatic rings. The van der Waals surface area contributed by atoms with E-state index in [9.17, 15) is 4.79 Å². The second-order valence-electron chi connectivity index (χ2n) is 5.81. The van der Waals surface area contributed by atoms with Crippen LogP contribution in [0.1, 0.15) is 25.3 Å². The maximum absolute atomic E-state index is 12.5. The third-order valence-corrected chi connectivity index (χ3v) is 4.64. The van der Waals surface area contributed by atoms with E-state index in [1.54, 1.807) is 0 Å². The van der Waals surface area contributed by atoms with Gasteiger partial charge in [-0.25, -0.2) is 4.79 Å². The van der Waals surface area contributed by atoms with Gasteiger partial charge in [0.05, 0.1) is 7.11 Å². The first kappa shape index (κ1) is 16.0. The molecule has 1 aromatic carbocycles. The van der Waals surface area contributed by atoms with Crippen molar-refractivity contribution in [2.24, 2.45) is 5.92 Å². The Kier molecular flexibility index (Phi) is 5.37. The van der Waals surface area contributed by atoms with Crippen molar-refractivity contribution in [1.82, 2.24) is 10.2 Å². The van der Waals surface area contributed by atoms with Gasteiger partial charge in [-0.3, -0.25) is 0 Å². The number of carbonyl (C=O) groups excluding carboxylic acids is 1. The van der Waals surface area contributed by atoms with Crippen LogP contribution in [-0.2, 0) is 15.1 Å². The molecule has 0 saturated carbocycles. The number of esters is 1. The number of benzene rings is 1. The maximum Gasteiger partial charge on any atom is 0.332 e. The molecule has 0 bridgehead atoms. The van der Waals surface area contributed by atoms with Gasteiger partial charge in [-0.1, -0.05) is 43.7 Å². The van der Waals surface area contributed by atoms with E-state index >= 15 is 0 Å². The quantitative estimate of drug-likeness (QED) is 0.814. The van der Waals surface area contributed by atoms with Crippen molar-refractivity contribution in [1.29, 1.82) is 0 Å². The lowest BCUT2D eigenvalue weighted by Crippen LogP contribution is -2.55. The lowest BCUT2D eigenvalue weighted by molar-refractivity contribution is -0.149. The highest BCUT2D eigenvalue weighted by atomic mass is 16.5. The third-order valence-electron chi connectivity index (χ3n) is 4.64. The van der Waals surface area contributed by atoms with Crippen LogP contribution in [0.15, 0.2) is 30.3 Å². The van der Waals surface area contributed by atoms with Crippen molar-refractivity contribution in [3.63, 3.8) is 0 Å². The van der Waals surface area contributed by atoms with Crippen LogP contribution in [0.2, 0.25) is 0 Å². The number of methoxy groups -OCH3 is 1. The minimum atomic E-state index is -0.793. The fourth-order valence-corrected chi connectivity index (χ4v) is 3.22. The monoisotopic (exact) mass is 290 g/mol. The number of likely N-dealkylation sites (N-methyl/N-ethyl adjacent to an activating group) is 1. The van der Waals surface area contributed by atoms with E-state index in [-0.39, 0.29) is 5.97 Å². The highest BCUT2D eigenvalue weighted by Gasteiger charge is 2.42. The zero-order valence-electron chi connectivity index (χ0n) is 13.3. The van der Waals surface area contributed by atoms with Crippen LogP contribution < -0.4 is 5.32 Å². The molecule has 4 heteroatoms. The molecule has 0 aromatic heterocycles. The number of nitrogens with one attached hydrogen (secondary N) is 1. The Labute approximate surface area is 127 Å². The average molecular weight is 290 g/mol. The summed E-state index contributed by atoms with van der Waals surface area (Å²) in [5.74, 6) is 0.518. The van der Waals surface area contributed by atoms with Crippen molar-refractivity contribution in [3.05, 3.63) is 35.9 Å². The maximum atomic E-state index is 12.5. The number of ether oxygens (including phenoxy) is 1. The molecule has 2 unspecified atom stereocenters. The summed E-state index contributed by atoms with van der Waals surface area (Å²) in [6.45, 7) is 4.99. The van der Waals surface area contributed by atoms with Gasteiger partial charge in [-0.15, -0.1) is 0 Å². The minimum Gasteiger partial charge on any atom is -0.467 e. The molecule has 1 heterocycles. The standard InChI is InChI=1S/C17H26N2O2/c1-4-14-10-11-19(12-14)13-17(18-2,16(20)21-3)15-8-6-5-7-9-15/h5-9,14,18H,4,10-13H2,1-3H3. The molecule has 0 amide bonds. The van der Waals surface area contributed by atoms with E-state index in [1.807, 2.05) is 37.4 Å². The van der Waals surface area contributed by atoms with E-state index in [0.29, 0.717) is 6.54 Å². The fourth-order valence-electron chi connectivity index (χ4n) is 3.22. The molecule has 116 valence electrons. The van der Waals surface area contributed by atoms with Gasteiger partial charge in [-0.05, 0) is 31.5 Å². The lowest BCUT2D eigenvalue weighted by Gasteiger charge is -2.35. The predicted octanol–water partition coefficient (Wildman–Crippen LogP) is 2.01. The summed E-state index contributed by atoms with van der Waals surface area (Å²) < 4.78 is 5.10. The lowest BCUT2D eigenvalue weighted by atomic mass is 9.89. The van der Waals surface area contributed by atoms with Gasteiger partial charge in [0, 0.05) is 13.1 Å². The summed E-state index contributed by atoms with van der Waals surface area (Å²) in [5.41, 5.74) is 0.165. The van der Waals surface area contributed by atoms with Gasteiger partial charge in [0.25, 0.3) is 0 Å². The van der Waals surface area contributed by atoms with Crippen LogP contribution in [0.25, 0.3) is 0 Å². The molecule has 2 rings (SSSR count). The molecular weight excluding hydrogens is 264 g/mol. The number of hydrogen-bond donors (Lipinski definition) is 1. The number of rotatable bonds is 6. The molecule has 1 aromatic rings. The zero-order chi connectivity index (χ0) is 15.3. The second-order valence-corrected chi connectivity index (χ2v) is 5.81. The SMILES string of the molecule is CCC1CCN(CC(NC)(C(=O)OC)c2ccccc2)C1. The molecule has 2 atom stereocenters. The summed E-state index contributed by atoms with van der Waals surface area (Å²) in [7, 11) is 3.29. The van der Waals surface area contributed by atoms with Crippen molar-refractivity contribution in [3.8, 4) is 0 Å². The first-order valence-corrected chi connectivity index (χ1v) is 7.71. The topological polar surface area (TPSA) is 41.6 Å². The molecule has 0 radical (unpaired) electrons. The Morgan fingerprint density at radius 1 is 1.43 bits per heavy atom. The Bertz CT molecular complexity index is 463. The van der Waals surface area contributed by atoms with Crippen LogP contribution in [0.5, 0.6) is 0 Å². The summed E-state index contributed by atoms with van der Waals surface area (Å²) in [6.07, 6.45) is 2.42. The Hall–Kier alpha value is -1.39. The summed E-state index contributed by atoms with van der Waals surface area (Å²) in [6, 6.07) is 9.86. The predicted molar refractivity (Wildman–Crippen MR) is 84.0 cm³/mol. The molecular formula is C17H26N2O2. The molecule has 0 aliphatic carbocycles. The molecule has 21 heavy (non-hydrogen) atoms. The van der Waals surface area contributed by atoms with Crippen molar-refractivity contribution in [2.75, 3.05) is 33.8 Å². The molecule has 4 nitrogen and oxygen atoms in total. The van der Waals surface area contributed by atoms with E-state index < -0.39 is 5.54 Å². The number of carbonyl (C=O) groups is 1. The van der Waals surface area contributed by atoms with E-state index in [4.69, 9.17) is 4.74 Å². The van der Waals surface area contributed by atoms with E-state index in [2.05, 4.69) is 17.1 Å². The van der Waals surface area contributed by atoms with E-state index in [1.165, 1.54) is 20.0 Å². The molecule has 1 N–H and O–H groups in total. The zero-order valence-corrected chi connectivity index (χ0v) is 13.3. The first-order chi connectivity index (χ1) is 10.2. The summed E-state index contributed by atoms with van der Waals surface area (Å²) in [5, 5.41) is 3.23. The van der Waals surface area contributed by atoms with Crippen LogP contribution in [0.3, 0.4) is 0 Å². The van der Waals surface area contributed by atoms with Gasteiger partial charge >= 0.3 is 5.97 Å². The summed E-state index contributed by atoms with van der Waals surface area (Å²) in [4.78, 5) is 14.9. The van der Waals surface area contributed by atoms with Gasteiger partial charge in [0.15, 0.2) is 5.54 Å². The van der Waals surface area contributed by atoms with Crippen LogP contribution >= 0.6 is 0 Å². The van der Waals surface area contributed by atoms with Gasteiger partial charge in [0.2, 0.25) is 0 Å². The minimum absolute atomic E-state index is 0.226. The van der Waals surface area contributed by atoms with Crippen molar-refractivity contribution >= 4 is 5.97 Å². The van der Waals surface area contributed by atoms with Crippen molar-refractivity contribution < 1.29 is 9.53 Å². The van der Waals surface area contributed by atoms with Crippen LogP contribution in [-0.4, -0.2) is 44.7 Å². The molecule has 0 spiro atoms. The van der Waals surface area contributed by atoms with Gasteiger partial charge in [0.1, 0.15) is 0 Å². The summed E-state index contributed by atoms with van der Waals surface area (Å²) >= 11 is 0. The van der Waals surface area contributed by atoms with Gasteiger partial charge in [-0.2, -0.15) is 0 Å². The van der Waals surface area contributed by atoms with E-state index in [0.717, 1.165) is 24.6 Å². The number of hydrogen-bond acceptors (Lipinski definition) is 4.